The number of carbonyl (C=O) groups excluding carboxylic acids is 1. The second kappa shape index (κ2) is 7.47. The number of pyridine rings is 1. The molecule has 4 heterocycles. The fourth-order valence-corrected chi connectivity index (χ4v) is 5.95. The van der Waals surface area contributed by atoms with Gasteiger partial charge in [-0.1, -0.05) is 12.8 Å². The summed E-state index contributed by atoms with van der Waals surface area (Å²) in [5.41, 5.74) is 3.93. The molecule has 172 valence electrons. The van der Waals surface area contributed by atoms with Crippen LogP contribution in [-0.2, 0) is 5.41 Å². The Morgan fingerprint density at radius 3 is 2.55 bits per heavy atom. The number of hydrogen-bond acceptors (Lipinski definition) is 5. The molecule has 1 atom stereocenters. The van der Waals surface area contributed by atoms with E-state index in [9.17, 15) is 4.79 Å². The molecule has 3 aromatic rings. The van der Waals surface area contributed by atoms with Crippen LogP contribution in [0.1, 0.15) is 80.0 Å². The van der Waals surface area contributed by atoms with E-state index in [4.69, 9.17) is 9.47 Å². The lowest BCUT2D eigenvalue weighted by Gasteiger charge is -2.46. The molecule has 7 heteroatoms. The van der Waals surface area contributed by atoms with Gasteiger partial charge in [0, 0.05) is 29.6 Å². The topological polar surface area (TPSA) is 69.5 Å². The number of ether oxygens (including phenoxy) is 2. The largest absolute Gasteiger partial charge is 0.486 e. The lowest BCUT2D eigenvalue weighted by atomic mass is 9.71. The number of fused-ring (bicyclic) bond motifs is 4. The van der Waals surface area contributed by atoms with Crippen LogP contribution in [0.3, 0.4) is 0 Å². The van der Waals surface area contributed by atoms with Crippen LogP contribution >= 0.6 is 0 Å². The summed E-state index contributed by atoms with van der Waals surface area (Å²) in [6.45, 7) is 8.15. The maximum absolute atomic E-state index is 13.8. The molecule has 0 radical (unpaired) electrons. The van der Waals surface area contributed by atoms with Gasteiger partial charge in [-0.2, -0.15) is 5.10 Å². The zero-order chi connectivity index (χ0) is 22.7. The molecule has 7 nitrogen and oxygen atoms in total. The number of amides is 1. The predicted molar refractivity (Wildman–Crippen MR) is 125 cm³/mol. The van der Waals surface area contributed by atoms with Crippen LogP contribution < -0.4 is 9.47 Å². The van der Waals surface area contributed by atoms with Gasteiger partial charge < -0.3 is 14.4 Å². The van der Waals surface area contributed by atoms with E-state index in [0.29, 0.717) is 18.8 Å². The molecule has 0 N–H and O–H groups in total. The number of aromatic nitrogens is 3. The third-order valence-electron chi connectivity index (χ3n) is 7.67. The van der Waals surface area contributed by atoms with Gasteiger partial charge >= 0.3 is 0 Å². The summed E-state index contributed by atoms with van der Waals surface area (Å²) in [4.78, 5) is 20.5. The van der Waals surface area contributed by atoms with Crippen LogP contribution in [0, 0.1) is 0 Å². The van der Waals surface area contributed by atoms with E-state index < -0.39 is 0 Å². The third kappa shape index (κ3) is 3.12. The Hall–Kier alpha value is -3.09. The summed E-state index contributed by atoms with van der Waals surface area (Å²) in [6.07, 6.45) is 8.07. The van der Waals surface area contributed by atoms with Crippen molar-refractivity contribution in [3.63, 3.8) is 0 Å². The highest BCUT2D eigenvalue weighted by Crippen LogP contribution is 2.52. The predicted octanol–water partition coefficient (Wildman–Crippen LogP) is 4.81. The monoisotopic (exact) mass is 446 g/mol. The zero-order valence-corrected chi connectivity index (χ0v) is 19.5. The number of hydrogen-bond donors (Lipinski definition) is 0. The van der Waals surface area contributed by atoms with Gasteiger partial charge in [-0.3, -0.25) is 4.79 Å². The number of carbonyl (C=O) groups is 1. The van der Waals surface area contributed by atoms with Crippen LogP contribution in [0.15, 0.2) is 30.6 Å². The summed E-state index contributed by atoms with van der Waals surface area (Å²) in [5.74, 6) is 1.66. The van der Waals surface area contributed by atoms with Crippen molar-refractivity contribution in [2.45, 2.75) is 64.0 Å². The summed E-state index contributed by atoms with van der Waals surface area (Å²) in [5, 5.41) is 5.35. The molecule has 1 fully saturated rings. The van der Waals surface area contributed by atoms with Crippen molar-refractivity contribution in [2.75, 3.05) is 19.8 Å². The van der Waals surface area contributed by atoms with Crippen molar-refractivity contribution >= 4 is 16.9 Å². The molecule has 1 unspecified atom stereocenters. The molecule has 1 amide bonds. The van der Waals surface area contributed by atoms with Crippen LogP contribution in [0.25, 0.3) is 11.0 Å². The van der Waals surface area contributed by atoms with Gasteiger partial charge in [-0.05, 0) is 62.9 Å². The Morgan fingerprint density at radius 1 is 1.09 bits per heavy atom. The van der Waals surface area contributed by atoms with Crippen molar-refractivity contribution in [1.29, 1.82) is 0 Å². The second-order valence-corrected chi connectivity index (χ2v) is 10.00. The minimum atomic E-state index is -0.0522. The van der Waals surface area contributed by atoms with E-state index in [2.05, 4.69) is 43.0 Å². The first-order valence-electron chi connectivity index (χ1n) is 12.1. The summed E-state index contributed by atoms with van der Waals surface area (Å²) >= 11 is 0. The van der Waals surface area contributed by atoms with Crippen molar-refractivity contribution < 1.29 is 14.3 Å². The zero-order valence-electron chi connectivity index (χ0n) is 19.5. The van der Waals surface area contributed by atoms with Crippen LogP contribution in [0.5, 0.6) is 11.5 Å². The minimum absolute atomic E-state index is 0.0204. The van der Waals surface area contributed by atoms with Gasteiger partial charge in [0.25, 0.3) is 5.91 Å². The smallest absolute Gasteiger partial charge is 0.255 e. The van der Waals surface area contributed by atoms with E-state index in [1.165, 1.54) is 24.0 Å². The Bertz CT molecular complexity index is 1240. The molecule has 3 aliphatic rings. The SMILES string of the molecule is CC1c2cc3c(cc2C2(CCCC2)CN1C(=O)c1cnc2c(cnn2C(C)C)c1)OCCO3. The lowest BCUT2D eigenvalue weighted by molar-refractivity contribution is 0.0593. The number of benzene rings is 1. The summed E-state index contributed by atoms with van der Waals surface area (Å²) < 4.78 is 13.7. The molecule has 6 rings (SSSR count). The van der Waals surface area contributed by atoms with E-state index in [1.807, 2.05) is 15.6 Å². The molecule has 2 aliphatic heterocycles. The Morgan fingerprint density at radius 2 is 1.82 bits per heavy atom. The van der Waals surface area contributed by atoms with Crippen molar-refractivity contribution in [2.24, 2.45) is 0 Å². The fraction of sp³-hybridized carbons (Fsp3) is 0.500. The summed E-state index contributed by atoms with van der Waals surface area (Å²) in [6, 6.07) is 6.41. The first kappa shape index (κ1) is 20.5. The van der Waals surface area contributed by atoms with Gasteiger partial charge in [0.2, 0.25) is 0 Å². The van der Waals surface area contributed by atoms with E-state index in [0.717, 1.165) is 41.9 Å². The van der Waals surface area contributed by atoms with Crippen LogP contribution in [0.4, 0.5) is 0 Å². The molecule has 1 aromatic carbocycles. The summed E-state index contributed by atoms with van der Waals surface area (Å²) in [7, 11) is 0. The first-order valence-corrected chi connectivity index (χ1v) is 12.1. The van der Waals surface area contributed by atoms with Crippen LogP contribution in [-0.4, -0.2) is 45.3 Å². The Balaban J connectivity index is 1.41. The van der Waals surface area contributed by atoms with Gasteiger partial charge in [0.1, 0.15) is 13.2 Å². The van der Waals surface area contributed by atoms with Crippen LogP contribution in [0.2, 0.25) is 0 Å². The molecule has 2 aromatic heterocycles. The van der Waals surface area contributed by atoms with Crippen molar-refractivity contribution in [1.82, 2.24) is 19.7 Å². The highest BCUT2D eigenvalue weighted by atomic mass is 16.6. The first-order chi connectivity index (χ1) is 16.0. The number of rotatable bonds is 2. The third-order valence-corrected chi connectivity index (χ3v) is 7.67. The average Bonchev–Trinajstić information content (AvgIpc) is 3.47. The fourth-order valence-electron chi connectivity index (χ4n) is 5.95. The minimum Gasteiger partial charge on any atom is -0.486 e. The normalized spacial score (nSPS) is 21.1. The van der Waals surface area contributed by atoms with Gasteiger partial charge in [-0.15, -0.1) is 0 Å². The van der Waals surface area contributed by atoms with E-state index >= 15 is 0 Å². The van der Waals surface area contributed by atoms with Gasteiger partial charge in [0.05, 0.1) is 17.8 Å². The molecule has 0 bridgehead atoms. The quantitative estimate of drug-likeness (QED) is 0.565. The van der Waals surface area contributed by atoms with Crippen molar-refractivity contribution in [3.05, 3.63) is 47.3 Å². The van der Waals surface area contributed by atoms with E-state index in [-0.39, 0.29) is 23.4 Å². The molecular formula is C26H30N4O3. The maximum Gasteiger partial charge on any atom is 0.255 e. The Labute approximate surface area is 193 Å². The molecule has 1 saturated carbocycles. The standard InChI is InChI=1S/C26H30N4O3/c1-16(2)30-24-18(14-28-30)10-19(13-27-24)25(31)29-15-26(6-4-5-7-26)21-12-23-22(32-8-9-33-23)11-20(21)17(29)3/h10-14,16-17H,4-9,15H2,1-3H3. The lowest BCUT2D eigenvalue weighted by Crippen LogP contribution is -2.48. The second-order valence-electron chi connectivity index (χ2n) is 10.00. The molecule has 0 saturated heterocycles. The highest BCUT2D eigenvalue weighted by molar-refractivity contribution is 5.97. The Kier molecular flexibility index (Phi) is 4.64. The van der Waals surface area contributed by atoms with Crippen molar-refractivity contribution in [3.8, 4) is 11.5 Å². The molecule has 1 spiro atoms. The van der Waals surface area contributed by atoms with Gasteiger partial charge in [0.15, 0.2) is 17.1 Å². The van der Waals surface area contributed by atoms with Gasteiger partial charge in [-0.25, -0.2) is 9.67 Å². The van der Waals surface area contributed by atoms with E-state index in [1.54, 1.807) is 12.4 Å². The molecular weight excluding hydrogens is 416 g/mol. The highest BCUT2D eigenvalue weighted by Gasteiger charge is 2.46. The molecule has 1 aliphatic carbocycles. The molecule has 33 heavy (non-hydrogen) atoms. The number of nitrogens with zero attached hydrogens (tertiary/aromatic N) is 4. The maximum atomic E-state index is 13.8. The average molecular weight is 447 g/mol.